The van der Waals surface area contributed by atoms with Crippen LogP contribution in [0.25, 0.3) is 0 Å². The van der Waals surface area contributed by atoms with Gasteiger partial charge in [-0.25, -0.2) is 0 Å². The highest BCUT2D eigenvalue weighted by molar-refractivity contribution is 6.22. The van der Waals surface area contributed by atoms with Gasteiger partial charge in [-0.1, -0.05) is 13.8 Å². The molecule has 0 bridgehead atoms. The molecule has 0 saturated carbocycles. The molecule has 0 aromatic rings. The average molecular weight is 189 g/mol. The van der Waals surface area contributed by atoms with E-state index in [4.69, 9.17) is 16.3 Å². The Balaban J connectivity index is 2.39. The minimum absolute atomic E-state index is 0.0882. The molecule has 1 unspecified atom stereocenters. The lowest BCUT2D eigenvalue weighted by molar-refractivity contribution is 0.182. The van der Waals surface area contributed by atoms with Crippen molar-refractivity contribution in [2.75, 3.05) is 6.61 Å². The van der Waals surface area contributed by atoms with E-state index < -0.39 is 0 Å². The maximum absolute atomic E-state index is 6.16. The van der Waals surface area contributed by atoms with Gasteiger partial charge in [0.2, 0.25) is 0 Å². The molecule has 0 aromatic carbocycles. The van der Waals surface area contributed by atoms with Crippen molar-refractivity contribution in [3.63, 3.8) is 0 Å². The summed E-state index contributed by atoms with van der Waals surface area (Å²) in [6.07, 6.45) is 5.39. The number of hydrogen-bond acceptors (Lipinski definition) is 1. The summed E-state index contributed by atoms with van der Waals surface area (Å²) >= 11 is 6.16. The van der Waals surface area contributed by atoms with Crippen LogP contribution in [0.4, 0.5) is 0 Å². The van der Waals surface area contributed by atoms with Gasteiger partial charge in [0, 0.05) is 0 Å². The molecule has 1 atom stereocenters. The van der Waals surface area contributed by atoms with Crippen molar-refractivity contribution in [3.8, 4) is 0 Å². The molecule has 0 amide bonds. The van der Waals surface area contributed by atoms with Gasteiger partial charge in [-0.3, -0.25) is 0 Å². The summed E-state index contributed by atoms with van der Waals surface area (Å²) in [4.78, 5) is 0. The SMILES string of the molecule is CC(C)CC(Cl)C1=CCCCO1. The van der Waals surface area contributed by atoms with E-state index in [9.17, 15) is 0 Å². The predicted octanol–water partition coefficient (Wildman–Crippen LogP) is 3.33. The second-order valence-electron chi connectivity index (χ2n) is 3.69. The van der Waals surface area contributed by atoms with Crippen LogP contribution in [-0.2, 0) is 4.74 Å². The summed E-state index contributed by atoms with van der Waals surface area (Å²) in [5.41, 5.74) is 0. The van der Waals surface area contributed by atoms with Crippen LogP contribution < -0.4 is 0 Å². The number of alkyl halides is 1. The lowest BCUT2D eigenvalue weighted by atomic mass is 10.1. The fourth-order valence-corrected chi connectivity index (χ4v) is 1.83. The lowest BCUT2D eigenvalue weighted by Crippen LogP contribution is -2.13. The number of hydrogen-bond donors (Lipinski definition) is 0. The number of rotatable bonds is 3. The Hall–Kier alpha value is -0.170. The van der Waals surface area contributed by atoms with Crippen LogP contribution in [-0.4, -0.2) is 12.0 Å². The third-order valence-corrected chi connectivity index (χ3v) is 2.34. The van der Waals surface area contributed by atoms with Gasteiger partial charge in [0.25, 0.3) is 0 Å². The summed E-state index contributed by atoms with van der Waals surface area (Å²) in [6.45, 7) is 5.20. The summed E-state index contributed by atoms with van der Waals surface area (Å²) in [5, 5.41) is 0.0882. The molecule has 1 aliphatic rings. The first-order valence-electron chi connectivity index (χ1n) is 4.67. The van der Waals surface area contributed by atoms with Crippen molar-refractivity contribution >= 4 is 11.6 Å². The molecule has 0 spiro atoms. The third-order valence-electron chi connectivity index (χ3n) is 1.95. The highest BCUT2D eigenvalue weighted by Crippen LogP contribution is 2.23. The summed E-state index contributed by atoms with van der Waals surface area (Å²) in [5.74, 6) is 1.63. The maximum Gasteiger partial charge on any atom is 0.110 e. The average Bonchev–Trinajstić information content (AvgIpc) is 2.05. The van der Waals surface area contributed by atoms with Crippen LogP contribution in [0, 0.1) is 5.92 Å². The Morgan fingerprint density at radius 3 is 2.83 bits per heavy atom. The molecule has 0 radical (unpaired) electrons. The van der Waals surface area contributed by atoms with Crippen LogP contribution >= 0.6 is 11.6 Å². The first kappa shape index (κ1) is 9.91. The maximum atomic E-state index is 6.16. The molecule has 0 aromatic heterocycles. The van der Waals surface area contributed by atoms with Gasteiger partial charge in [0.15, 0.2) is 0 Å². The fraction of sp³-hybridized carbons (Fsp3) is 0.800. The van der Waals surface area contributed by atoms with Gasteiger partial charge >= 0.3 is 0 Å². The van der Waals surface area contributed by atoms with Crippen molar-refractivity contribution < 1.29 is 4.74 Å². The first-order valence-corrected chi connectivity index (χ1v) is 5.10. The molecule has 1 aliphatic heterocycles. The lowest BCUT2D eigenvalue weighted by Gasteiger charge is -2.20. The van der Waals surface area contributed by atoms with Crippen molar-refractivity contribution in [2.45, 2.75) is 38.5 Å². The van der Waals surface area contributed by atoms with Gasteiger partial charge < -0.3 is 4.74 Å². The summed E-state index contributed by atoms with van der Waals surface area (Å²) < 4.78 is 5.47. The zero-order valence-electron chi connectivity index (χ0n) is 7.85. The van der Waals surface area contributed by atoms with Gasteiger partial charge in [-0.2, -0.15) is 0 Å². The third kappa shape index (κ3) is 3.06. The molecule has 70 valence electrons. The van der Waals surface area contributed by atoms with Crippen LogP contribution in [0.15, 0.2) is 11.8 Å². The van der Waals surface area contributed by atoms with E-state index >= 15 is 0 Å². The molecule has 0 aliphatic carbocycles. The van der Waals surface area contributed by atoms with Gasteiger partial charge in [0.05, 0.1) is 12.0 Å². The van der Waals surface area contributed by atoms with E-state index in [1.807, 2.05) is 0 Å². The fourth-order valence-electron chi connectivity index (χ4n) is 1.32. The smallest absolute Gasteiger partial charge is 0.110 e. The highest BCUT2D eigenvalue weighted by atomic mass is 35.5. The highest BCUT2D eigenvalue weighted by Gasteiger charge is 2.15. The van der Waals surface area contributed by atoms with Crippen LogP contribution in [0.1, 0.15) is 33.1 Å². The van der Waals surface area contributed by atoms with Crippen molar-refractivity contribution in [1.82, 2.24) is 0 Å². The zero-order chi connectivity index (χ0) is 8.97. The molecule has 12 heavy (non-hydrogen) atoms. The van der Waals surface area contributed by atoms with Crippen LogP contribution in [0.5, 0.6) is 0 Å². The van der Waals surface area contributed by atoms with Crippen LogP contribution in [0.3, 0.4) is 0 Å². The van der Waals surface area contributed by atoms with Gasteiger partial charge in [0.1, 0.15) is 5.76 Å². The van der Waals surface area contributed by atoms with E-state index in [2.05, 4.69) is 19.9 Å². The van der Waals surface area contributed by atoms with Crippen molar-refractivity contribution in [1.29, 1.82) is 0 Å². The Morgan fingerprint density at radius 2 is 2.33 bits per heavy atom. The summed E-state index contributed by atoms with van der Waals surface area (Å²) in [7, 11) is 0. The quantitative estimate of drug-likeness (QED) is 0.618. The molecule has 1 nitrogen and oxygen atoms in total. The Labute approximate surface area is 79.7 Å². The second-order valence-corrected chi connectivity index (χ2v) is 4.22. The Kier molecular flexibility index (Phi) is 3.93. The molecular weight excluding hydrogens is 172 g/mol. The number of allylic oxidation sites excluding steroid dienone is 2. The molecule has 0 fully saturated rings. The minimum Gasteiger partial charge on any atom is -0.497 e. The zero-order valence-corrected chi connectivity index (χ0v) is 8.60. The Bertz CT molecular complexity index is 163. The van der Waals surface area contributed by atoms with Crippen LogP contribution in [0.2, 0.25) is 0 Å². The largest absolute Gasteiger partial charge is 0.497 e. The molecule has 0 N–H and O–H groups in total. The summed E-state index contributed by atoms with van der Waals surface area (Å²) in [6, 6.07) is 0. The van der Waals surface area contributed by atoms with E-state index in [-0.39, 0.29) is 5.38 Å². The minimum atomic E-state index is 0.0882. The topological polar surface area (TPSA) is 9.23 Å². The Morgan fingerprint density at radius 1 is 1.58 bits per heavy atom. The molecule has 1 heterocycles. The molecule has 2 heteroatoms. The molecular formula is C10H17ClO. The normalized spacial score (nSPS) is 20.2. The van der Waals surface area contributed by atoms with Crippen molar-refractivity contribution in [3.05, 3.63) is 11.8 Å². The predicted molar refractivity (Wildman–Crippen MR) is 52.4 cm³/mol. The standard InChI is InChI=1S/C10H17ClO/c1-8(2)7-9(11)10-5-3-4-6-12-10/h5,8-9H,3-4,6-7H2,1-2H3. The van der Waals surface area contributed by atoms with Gasteiger partial charge in [-0.15, -0.1) is 11.6 Å². The number of ether oxygens (including phenoxy) is 1. The first-order chi connectivity index (χ1) is 5.70. The van der Waals surface area contributed by atoms with Gasteiger partial charge in [-0.05, 0) is 31.3 Å². The van der Waals surface area contributed by atoms with E-state index in [1.165, 1.54) is 0 Å². The van der Waals surface area contributed by atoms with E-state index in [0.29, 0.717) is 5.92 Å². The number of halogens is 1. The molecule has 0 saturated heterocycles. The molecule has 1 rings (SSSR count). The van der Waals surface area contributed by atoms with E-state index in [0.717, 1.165) is 31.6 Å². The van der Waals surface area contributed by atoms with E-state index in [1.54, 1.807) is 0 Å². The van der Waals surface area contributed by atoms with Crippen molar-refractivity contribution in [2.24, 2.45) is 5.92 Å². The monoisotopic (exact) mass is 188 g/mol. The second kappa shape index (κ2) is 4.76.